The van der Waals surface area contributed by atoms with E-state index in [-0.39, 0.29) is 21.9 Å². The van der Waals surface area contributed by atoms with E-state index in [9.17, 15) is 15.0 Å². The molecule has 1 aromatic rings. The zero-order valence-corrected chi connectivity index (χ0v) is 11.6. The Hall–Kier alpha value is -1.23. The van der Waals surface area contributed by atoms with Crippen molar-refractivity contribution in [2.45, 2.75) is 31.1 Å². The predicted octanol–water partition coefficient (Wildman–Crippen LogP) is 2.39. The van der Waals surface area contributed by atoms with Crippen LogP contribution >= 0.6 is 15.9 Å². The molecule has 0 saturated heterocycles. The third kappa shape index (κ3) is 3.36. The number of nitrogens with one attached hydrogen (secondary N) is 1. The lowest BCUT2D eigenvalue weighted by Crippen LogP contribution is -2.48. The molecule has 1 rings (SSSR count). The number of hydrogen-bond donors (Lipinski definition) is 3. The fourth-order valence-corrected chi connectivity index (χ4v) is 1.28. The molecule has 0 bridgehead atoms. The summed E-state index contributed by atoms with van der Waals surface area (Å²) < 4.78 is 0. The third-order valence-electron chi connectivity index (χ3n) is 2.65. The molecule has 0 radical (unpaired) electrons. The third-order valence-corrected chi connectivity index (χ3v) is 3.80. The van der Waals surface area contributed by atoms with E-state index in [4.69, 9.17) is 0 Å². The average Bonchev–Trinajstić information content (AvgIpc) is 2.20. The zero-order chi connectivity index (χ0) is 13.2. The number of carbonyl (C=O) groups excluding carboxylic acids is 1. The average molecular weight is 302 g/mol. The molecule has 1 amide bonds. The molecular formula is C12H16BrNO3. The summed E-state index contributed by atoms with van der Waals surface area (Å²) in [6.07, 6.45) is 0. The molecule has 1 atom stereocenters. The summed E-state index contributed by atoms with van der Waals surface area (Å²) >= 11 is 3.40. The molecule has 4 nitrogen and oxygen atoms in total. The summed E-state index contributed by atoms with van der Waals surface area (Å²) in [6, 6.07) is 3.85. The van der Waals surface area contributed by atoms with Crippen LogP contribution in [0.3, 0.4) is 0 Å². The van der Waals surface area contributed by atoms with Crippen LogP contribution in [0.5, 0.6) is 11.5 Å². The van der Waals surface area contributed by atoms with Crippen molar-refractivity contribution in [1.29, 1.82) is 0 Å². The molecule has 0 aliphatic heterocycles. The van der Waals surface area contributed by atoms with Crippen molar-refractivity contribution in [1.82, 2.24) is 5.32 Å². The van der Waals surface area contributed by atoms with Crippen LogP contribution in [0.1, 0.15) is 31.1 Å². The van der Waals surface area contributed by atoms with Gasteiger partial charge in [-0.3, -0.25) is 4.79 Å². The number of hydrogen-bond acceptors (Lipinski definition) is 3. The lowest BCUT2D eigenvalue weighted by atomic mass is 10.0. The number of aromatic hydroxyl groups is 2. The Kier molecular flexibility index (Phi) is 4.03. The summed E-state index contributed by atoms with van der Waals surface area (Å²) in [6.45, 7) is 5.65. The molecule has 5 heteroatoms. The normalized spacial score (nSPS) is 13.2. The molecule has 1 unspecified atom stereocenters. The van der Waals surface area contributed by atoms with E-state index in [1.54, 1.807) is 0 Å². The van der Waals surface area contributed by atoms with Crippen molar-refractivity contribution in [2.24, 2.45) is 0 Å². The van der Waals surface area contributed by atoms with Crippen LogP contribution in [0.4, 0.5) is 0 Å². The van der Waals surface area contributed by atoms with E-state index in [1.165, 1.54) is 18.2 Å². The van der Waals surface area contributed by atoms with Crippen molar-refractivity contribution in [3.63, 3.8) is 0 Å². The highest BCUT2D eigenvalue weighted by Gasteiger charge is 2.27. The zero-order valence-electron chi connectivity index (χ0n) is 9.99. The van der Waals surface area contributed by atoms with Crippen molar-refractivity contribution in [3.05, 3.63) is 23.8 Å². The fourth-order valence-electron chi connectivity index (χ4n) is 1.17. The van der Waals surface area contributed by atoms with Gasteiger partial charge in [-0.25, -0.2) is 0 Å². The van der Waals surface area contributed by atoms with Crippen molar-refractivity contribution in [2.75, 3.05) is 0 Å². The number of halogens is 1. The standard InChI is InChI=1S/C12H16BrNO3/c1-7(13)12(2,3)14-11(17)9-6-8(15)4-5-10(9)16/h4-7,15-16H,1-3H3,(H,14,17). The second-order valence-corrected chi connectivity index (χ2v) is 5.87. The minimum Gasteiger partial charge on any atom is -0.508 e. The molecule has 3 N–H and O–H groups in total. The van der Waals surface area contributed by atoms with Crippen LogP contribution in [-0.2, 0) is 0 Å². The first-order chi connectivity index (χ1) is 7.74. The van der Waals surface area contributed by atoms with Crippen molar-refractivity contribution < 1.29 is 15.0 Å². The van der Waals surface area contributed by atoms with Crippen LogP contribution in [0.15, 0.2) is 18.2 Å². The van der Waals surface area contributed by atoms with Gasteiger partial charge >= 0.3 is 0 Å². The maximum absolute atomic E-state index is 11.9. The largest absolute Gasteiger partial charge is 0.508 e. The molecule has 17 heavy (non-hydrogen) atoms. The Balaban J connectivity index is 2.94. The first-order valence-electron chi connectivity index (χ1n) is 5.22. The lowest BCUT2D eigenvalue weighted by Gasteiger charge is -2.29. The molecular weight excluding hydrogens is 286 g/mol. The molecule has 0 aromatic heterocycles. The first-order valence-corrected chi connectivity index (χ1v) is 6.14. The summed E-state index contributed by atoms with van der Waals surface area (Å²) in [7, 11) is 0. The van der Waals surface area contributed by atoms with Crippen LogP contribution in [-0.4, -0.2) is 26.5 Å². The van der Waals surface area contributed by atoms with Gasteiger partial charge in [-0.1, -0.05) is 22.9 Å². The van der Waals surface area contributed by atoms with Gasteiger partial charge in [0.05, 0.1) is 5.56 Å². The van der Waals surface area contributed by atoms with Gasteiger partial charge in [-0.2, -0.15) is 0 Å². The maximum atomic E-state index is 11.9. The van der Waals surface area contributed by atoms with E-state index < -0.39 is 11.4 Å². The van der Waals surface area contributed by atoms with Gasteiger partial charge in [0, 0.05) is 10.4 Å². The molecule has 94 valence electrons. The minimum atomic E-state index is -0.463. The minimum absolute atomic E-state index is 0.0577. The van der Waals surface area contributed by atoms with Gasteiger partial charge in [0.25, 0.3) is 5.91 Å². The second kappa shape index (κ2) is 4.96. The fraction of sp³-hybridized carbons (Fsp3) is 0.417. The highest BCUT2D eigenvalue weighted by molar-refractivity contribution is 9.09. The highest BCUT2D eigenvalue weighted by atomic mass is 79.9. The van der Waals surface area contributed by atoms with E-state index in [2.05, 4.69) is 21.2 Å². The molecule has 0 heterocycles. The molecule has 0 spiro atoms. The predicted molar refractivity (Wildman–Crippen MR) is 69.7 cm³/mol. The number of benzene rings is 1. The van der Waals surface area contributed by atoms with Crippen molar-refractivity contribution >= 4 is 21.8 Å². The summed E-state index contributed by atoms with van der Waals surface area (Å²) in [5.41, 5.74) is -0.402. The topological polar surface area (TPSA) is 69.6 Å². The molecule has 0 saturated carbocycles. The quantitative estimate of drug-likeness (QED) is 0.593. The number of alkyl halides is 1. The van der Waals surface area contributed by atoms with Gasteiger partial charge in [0.2, 0.25) is 0 Å². The summed E-state index contributed by atoms with van der Waals surface area (Å²) in [5.74, 6) is -0.634. The van der Waals surface area contributed by atoms with Crippen LogP contribution in [0.2, 0.25) is 0 Å². The maximum Gasteiger partial charge on any atom is 0.255 e. The Morgan fingerprint density at radius 3 is 2.53 bits per heavy atom. The Bertz CT molecular complexity index is 430. The number of carbonyl (C=O) groups is 1. The van der Waals surface area contributed by atoms with Crippen LogP contribution in [0, 0.1) is 0 Å². The second-order valence-electron chi connectivity index (χ2n) is 4.49. The molecule has 0 aliphatic carbocycles. The highest BCUT2D eigenvalue weighted by Crippen LogP contribution is 2.24. The Morgan fingerprint density at radius 2 is 2.00 bits per heavy atom. The SMILES string of the molecule is CC(Br)C(C)(C)NC(=O)c1cc(O)ccc1O. The monoisotopic (exact) mass is 301 g/mol. The van der Waals surface area contributed by atoms with E-state index in [0.717, 1.165) is 0 Å². The molecule has 0 aliphatic rings. The van der Waals surface area contributed by atoms with Gasteiger partial charge in [0.1, 0.15) is 11.5 Å². The summed E-state index contributed by atoms with van der Waals surface area (Å²) in [4.78, 5) is 12.0. The number of amides is 1. The van der Waals surface area contributed by atoms with E-state index >= 15 is 0 Å². The van der Waals surface area contributed by atoms with Crippen molar-refractivity contribution in [3.8, 4) is 11.5 Å². The smallest absolute Gasteiger partial charge is 0.255 e. The van der Waals surface area contributed by atoms with Gasteiger partial charge in [-0.15, -0.1) is 0 Å². The van der Waals surface area contributed by atoms with E-state index in [1.807, 2.05) is 20.8 Å². The van der Waals surface area contributed by atoms with Crippen LogP contribution in [0.25, 0.3) is 0 Å². The Labute approximate surface area is 109 Å². The number of phenolic OH excluding ortho intramolecular Hbond substituents is 2. The lowest BCUT2D eigenvalue weighted by molar-refractivity contribution is 0.0910. The first kappa shape index (κ1) is 13.8. The molecule has 0 fully saturated rings. The van der Waals surface area contributed by atoms with Gasteiger partial charge in [-0.05, 0) is 32.0 Å². The number of rotatable bonds is 3. The van der Waals surface area contributed by atoms with Crippen LogP contribution < -0.4 is 5.32 Å². The van der Waals surface area contributed by atoms with Gasteiger partial charge in [0.15, 0.2) is 0 Å². The van der Waals surface area contributed by atoms with E-state index in [0.29, 0.717) is 0 Å². The molecule has 1 aromatic carbocycles. The summed E-state index contributed by atoms with van der Waals surface area (Å²) in [5, 5.41) is 21.6. The number of phenols is 2. The van der Waals surface area contributed by atoms with Gasteiger partial charge < -0.3 is 15.5 Å². The Morgan fingerprint density at radius 1 is 1.41 bits per heavy atom.